The number of anilines is 2. The number of aliphatic hydroxyl groups is 1. The van der Waals surface area contributed by atoms with Gasteiger partial charge in [-0.25, -0.2) is 9.67 Å². The van der Waals surface area contributed by atoms with Crippen molar-refractivity contribution in [3.8, 4) is 17.1 Å². The summed E-state index contributed by atoms with van der Waals surface area (Å²) in [5.74, 6) is 0.141. The fraction of sp³-hybridized carbons (Fsp3) is 0.238. The summed E-state index contributed by atoms with van der Waals surface area (Å²) < 4.78 is 6.39. The fourth-order valence-electron chi connectivity index (χ4n) is 2.92. The van der Waals surface area contributed by atoms with Crippen molar-refractivity contribution in [3.63, 3.8) is 0 Å². The quantitative estimate of drug-likeness (QED) is 0.594. The number of aromatic nitrogens is 3. The number of carbonyl (C=O) groups excluding carboxylic acids is 1. The number of benzene rings is 1. The van der Waals surface area contributed by atoms with Gasteiger partial charge in [0.1, 0.15) is 11.4 Å². The summed E-state index contributed by atoms with van der Waals surface area (Å²) in [4.78, 5) is 29.6. The van der Waals surface area contributed by atoms with Gasteiger partial charge >= 0.3 is 0 Å². The number of nitrogens with one attached hydrogen (secondary N) is 1. The Hall–Kier alpha value is -3.52. The number of Topliss-reactive ketones (excluding diaryl/α,β-unsaturated/α-hetero) is 1. The first-order valence-electron chi connectivity index (χ1n) is 9.11. The second-order valence-corrected chi connectivity index (χ2v) is 6.34. The molecule has 8 nitrogen and oxygen atoms in total. The van der Waals surface area contributed by atoms with Crippen LogP contribution in [-0.2, 0) is 13.2 Å². The minimum atomic E-state index is -0.394. The Bertz CT molecular complexity index is 1070. The maximum atomic E-state index is 12.9. The van der Waals surface area contributed by atoms with Crippen molar-refractivity contribution >= 4 is 17.2 Å². The van der Waals surface area contributed by atoms with Crippen LogP contribution >= 0.6 is 0 Å². The molecule has 0 unspecified atom stereocenters. The van der Waals surface area contributed by atoms with Crippen LogP contribution in [0.25, 0.3) is 11.3 Å². The average Bonchev–Trinajstić information content (AvgIpc) is 2.75. The SMILES string of the molecule is CCn1nc(-c2ccc(OC)nc2)c(C(C)=O)c(Nc2ccc(CO)cc2)c1=O. The first-order valence-corrected chi connectivity index (χ1v) is 9.11. The van der Waals surface area contributed by atoms with Crippen molar-refractivity contribution in [3.05, 3.63) is 64.1 Å². The number of rotatable bonds is 7. The third kappa shape index (κ3) is 4.17. The molecule has 0 amide bonds. The number of carbonyl (C=O) groups is 1. The van der Waals surface area contributed by atoms with Crippen LogP contribution in [-0.4, -0.2) is 32.8 Å². The molecular weight excluding hydrogens is 372 g/mol. The number of ether oxygens (including phenoxy) is 1. The van der Waals surface area contributed by atoms with Gasteiger partial charge in [-0.3, -0.25) is 9.59 Å². The van der Waals surface area contributed by atoms with Gasteiger partial charge in [0, 0.05) is 30.1 Å². The van der Waals surface area contributed by atoms with Gasteiger partial charge in [-0.1, -0.05) is 12.1 Å². The predicted octanol–water partition coefficient (Wildman–Crippen LogP) is 2.77. The number of methoxy groups -OCH3 is 1. The molecule has 0 radical (unpaired) electrons. The van der Waals surface area contributed by atoms with Crippen LogP contribution in [0.3, 0.4) is 0 Å². The van der Waals surface area contributed by atoms with E-state index in [4.69, 9.17) is 4.74 Å². The van der Waals surface area contributed by atoms with Gasteiger partial charge in [-0.2, -0.15) is 5.10 Å². The van der Waals surface area contributed by atoms with Crippen molar-refractivity contribution in [2.24, 2.45) is 0 Å². The zero-order valence-electron chi connectivity index (χ0n) is 16.5. The van der Waals surface area contributed by atoms with E-state index in [2.05, 4.69) is 15.4 Å². The summed E-state index contributed by atoms with van der Waals surface area (Å²) in [6.45, 7) is 3.46. The Morgan fingerprint density at radius 1 is 1.21 bits per heavy atom. The molecule has 3 rings (SSSR count). The predicted molar refractivity (Wildman–Crippen MR) is 110 cm³/mol. The molecule has 2 N–H and O–H groups in total. The van der Waals surface area contributed by atoms with Gasteiger partial charge in [0.05, 0.1) is 19.3 Å². The van der Waals surface area contributed by atoms with E-state index in [-0.39, 0.29) is 23.6 Å². The Morgan fingerprint density at radius 3 is 2.45 bits per heavy atom. The standard InChI is InChI=1S/C21H22N4O4/c1-4-25-21(28)20(23-16-8-5-14(12-26)6-9-16)18(13(2)27)19(24-25)15-7-10-17(29-3)22-11-15/h5-11,23,26H,4,12H2,1-3H3. The molecule has 0 bridgehead atoms. The minimum absolute atomic E-state index is 0.0779. The van der Waals surface area contributed by atoms with E-state index in [0.717, 1.165) is 5.56 Å². The third-order valence-electron chi connectivity index (χ3n) is 4.43. The lowest BCUT2D eigenvalue weighted by atomic mass is 10.0. The molecule has 1 aromatic carbocycles. The van der Waals surface area contributed by atoms with Crippen LogP contribution in [0.15, 0.2) is 47.4 Å². The molecule has 0 saturated heterocycles. The van der Waals surface area contributed by atoms with Gasteiger partial charge in [0.25, 0.3) is 5.56 Å². The summed E-state index contributed by atoms with van der Waals surface area (Å²) in [5, 5.41) is 16.7. The van der Waals surface area contributed by atoms with E-state index in [1.165, 1.54) is 18.7 Å². The van der Waals surface area contributed by atoms with E-state index in [9.17, 15) is 14.7 Å². The maximum Gasteiger partial charge on any atom is 0.291 e. The molecule has 0 saturated carbocycles. The van der Waals surface area contributed by atoms with Crippen LogP contribution in [0.5, 0.6) is 5.88 Å². The molecule has 0 aliphatic heterocycles. The summed E-state index contributed by atoms with van der Waals surface area (Å²) in [7, 11) is 1.52. The second-order valence-electron chi connectivity index (χ2n) is 6.34. The van der Waals surface area contributed by atoms with E-state index in [1.54, 1.807) is 49.5 Å². The number of aliphatic hydroxyl groups excluding tert-OH is 1. The molecule has 0 aliphatic rings. The van der Waals surface area contributed by atoms with Crippen molar-refractivity contribution in [1.82, 2.24) is 14.8 Å². The van der Waals surface area contributed by atoms with Crippen LogP contribution in [0.2, 0.25) is 0 Å². The average molecular weight is 394 g/mol. The topological polar surface area (TPSA) is 106 Å². The van der Waals surface area contributed by atoms with Gasteiger partial charge in [-0.05, 0) is 37.6 Å². The molecule has 8 heteroatoms. The van der Waals surface area contributed by atoms with Crippen molar-refractivity contribution in [2.75, 3.05) is 12.4 Å². The van der Waals surface area contributed by atoms with E-state index >= 15 is 0 Å². The highest BCUT2D eigenvalue weighted by molar-refractivity contribution is 6.05. The molecule has 29 heavy (non-hydrogen) atoms. The van der Waals surface area contributed by atoms with Crippen molar-refractivity contribution < 1.29 is 14.6 Å². The fourth-order valence-corrected chi connectivity index (χ4v) is 2.92. The first-order chi connectivity index (χ1) is 14.0. The Kier molecular flexibility index (Phi) is 6.04. The van der Waals surface area contributed by atoms with E-state index in [0.29, 0.717) is 29.4 Å². The highest BCUT2D eigenvalue weighted by atomic mass is 16.5. The van der Waals surface area contributed by atoms with Crippen LogP contribution in [0.1, 0.15) is 29.8 Å². The van der Waals surface area contributed by atoms with Crippen LogP contribution in [0.4, 0.5) is 11.4 Å². The third-order valence-corrected chi connectivity index (χ3v) is 4.43. The summed E-state index contributed by atoms with van der Waals surface area (Å²) >= 11 is 0. The van der Waals surface area contributed by atoms with Crippen molar-refractivity contribution in [1.29, 1.82) is 0 Å². The number of ketones is 1. The van der Waals surface area contributed by atoms with Gasteiger partial charge < -0.3 is 15.2 Å². The van der Waals surface area contributed by atoms with E-state index in [1.807, 2.05) is 0 Å². The molecule has 0 aliphatic carbocycles. The van der Waals surface area contributed by atoms with E-state index < -0.39 is 5.56 Å². The normalized spacial score (nSPS) is 10.6. The highest BCUT2D eigenvalue weighted by Gasteiger charge is 2.22. The van der Waals surface area contributed by atoms with Gasteiger partial charge in [0.2, 0.25) is 5.88 Å². The number of aryl methyl sites for hydroxylation is 1. The molecular formula is C21H22N4O4. The number of hydrogen-bond donors (Lipinski definition) is 2. The number of pyridine rings is 1. The monoisotopic (exact) mass is 394 g/mol. The molecule has 3 aromatic rings. The minimum Gasteiger partial charge on any atom is -0.481 e. The maximum absolute atomic E-state index is 12.9. The molecule has 2 aromatic heterocycles. The Labute approximate surface area is 167 Å². The number of nitrogens with zero attached hydrogens (tertiary/aromatic N) is 3. The molecule has 0 atom stereocenters. The first kappa shape index (κ1) is 20.2. The van der Waals surface area contributed by atoms with Gasteiger partial charge in [-0.15, -0.1) is 0 Å². The van der Waals surface area contributed by atoms with Crippen LogP contribution < -0.4 is 15.6 Å². The molecule has 0 fully saturated rings. The summed E-state index contributed by atoms with van der Waals surface area (Å²) in [5.41, 5.74) is 2.27. The molecule has 150 valence electrons. The zero-order chi connectivity index (χ0) is 21.0. The summed E-state index contributed by atoms with van der Waals surface area (Å²) in [6.07, 6.45) is 1.55. The largest absolute Gasteiger partial charge is 0.481 e. The lowest BCUT2D eigenvalue weighted by Gasteiger charge is -2.16. The highest BCUT2D eigenvalue weighted by Crippen LogP contribution is 2.28. The van der Waals surface area contributed by atoms with Crippen LogP contribution in [0, 0.1) is 0 Å². The van der Waals surface area contributed by atoms with Crippen molar-refractivity contribution in [2.45, 2.75) is 27.0 Å². The Morgan fingerprint density at radius 2 is 1.93 bits per heavy atom. The number of hydrogen-bond acceptors (Lipinski definition) is 7. The molecule has 2 heterocycles. The lowest BCUT2D eigenvalue weighted by Crippen LogP contribution is -2.28. The zero-order valence-corrected chi connectivity index (χ0v) is 16.5. The second kappa shape index (κ2) is 8.66. The molecule has 0 spiro atoms. The smallest absolute Gasteiger partial charge is 0.291 e. The summed E-state index contributed by atoms with van der Waals surface area (Å²) in [6, 6.07) is 10.4. The van der Waals surface area contributed by atoms with Gasteiger partial charge in [0.15, 0.2) is 5.78 Å². The lowest BCUT2D eigenvalue weighted by molar-refractivity contribution is 0.101. The Balaban J connectivity index is 2.19.